The van der Waals surface area contributed by atoms with Gasteiger partial charge in [-0.05, 0) is 53.9 Å². The number of amides is 2. The van der Waals surface area contributed by atoms with Crippen molar-refractivity contribution in [2.75, 3.05) is 18.4 Å². The van der Waals surface area contributed by atoms with Crippen molar-refractivity contribution in [3.8, 4) is 5.75 Å². The Hall–Kier alpha value is -3.39. The van der Waals surface area contributed by atoms with Crippen LogP contribution in [0.15, 0.2) is 72.8 Å². The van der Waals surface area contributed by atoms with Crippen molar-refractivity contribution in [2.24, 2.45) is 0 Å². The molecule has 0 fully saturated rings. The Morgan fingerprint density at radius 1 is 0.938 bits per heavy atom. The number of rotatable bonds is 10. The predicted octanol–water partition coefficient (Wildman–Crippen LogP) is 3.07. The number of nitrogens with one attached hydrogen (secondary N) is 3. The zero-order valence-electron chi connectivity index (χ0n) is 17.8. The largest absolute Gasteiger partial charge is 0.508 e. The molecule has 0 unspecified atom stereocenters. The number of phenols is 1. The summed E-state index contributed by atoms with van der Waals surface area (Å²) in [5.41, 5.74) is 3.82. The molecule has 7 heteroatoms. The number of hydrogen-bond donors (Lipinski definition) is 6. The molecule has 0 aromatic heterocycles. The number of carbonyl (C=O) groups excluding carboxylic acids is 1. The molecule has 0 radical (unpaired) electrons. The van der Waals surface area contributed by atoms with Gasteiger partial charge in [-0.1, -0.05) is 48.5 Å². The van der Waals surface area contributed by atoms with Gasteiger partial charge in [-0.15, -0.1) is 0 Å². The molecule has 1 atom stereocenters. The number of urea groups is 1. The average Bonchev–Trinajstić information content (AvgIpc) is 2.81. The van der Waals surface area contributed by atoms with Gasteiger partial charge in [0.15, 0.2) is 0 Å². The highest BCUT2D eigenvalue weighted by atomic mass is 16.3. The molecule has 0 heterocycles. The van der Waals surface area contributed by atoms with Crippen LogP contribution < -0.4 is 16.0 Å². The average molecular weight is 436 g/mol. The second-order valence-electron chi connectivity index (χ2n) is 7.51. The normalized spacial score (nSPS) is 11.7. The fraction of sp³-hybridized carbons (Fsp3) is 0.240. The molecule has 0 spiro atoms. The van der Waals surface area contributed by atoms with Crippen LogP contribution in [0.3, 0.4) is 0 Å². The van der Waals surface area contributed by atoms with Gasteiger partial charge in [0.05, 0.1) is 12.7 Å². The summed E-state index contributed by atoms with van der Waals surface area (Å²) in [6.45, 7) is 1.16. The van der Waals surface area contributed by atoms with Gasteiger partial charge < -0.3 is 31.3 Å². The van der Waals surface area contributed by atoms with Crippen molar-refractivity contribution in [3.63, 3.8) is 0 Å². The second-order valence-corrected chi connectivity index (χ2v) is 7.51. The van der Waals surface area contributed by atoms with Crippen LogP contribution in [0.1, 0.15) is 28.4 Å². The minimum Gasteiger partial charge on any atom is -0.508 e. The first-order chi connectivity index (χ1) is 15.5. The molecular formula is C25H29N3O4. The zero-order chi connectivity index (χ0) is 22.8. The molecule has 0 bridgehead atoms. The molecule has 7 nitrogen and oxygen atoms in total. The van der Waals surface area contributed by atoms with E-state index < -0.39 is 6.10 Å². The molecule has 0 saturated carbocycles. The highest BCUT2D eigenvalue weighted by Crippen LogP contribution is 2.22. The maximum atomic E-state index is 12.1. The fourth-order valence-electron chi connectivity index (χ4n) is 3.29. The molecule has 3 aromatic carbocycles. The van der Waals surface area contributed by atoms with E-state index in [9.17, 15) is 20.1 Å². The second kappa shape index (κ2) is 11.9. The van der Waals surface area contributed by atoms with Crippen LogP contribution >= 0.6 is 0 Å². The van der Waals surface area contributed by atoms with E-state index in [1.54, 1.807) is 12.1 Å². The maximum absolute atomic E-state index is 12.1. The zero-order valence-corrected chi connectivity index (χ0v) is 17.8. The maximum Gasteiger partial charge on any atom is 0.319 e. The van der Waals surface area contributed by atoms with E-state index in [-0.39, 0.29) is 18.4 Å². The quantitative estimate of drug-likeness (QED) is 0.274. The summed E-state index contributed by atoms with van der Waals surface area (Å²) in [5, 5.41) is 38.1. The minimum atomic E-state index is -0.748. The Morgan fingerprint density at radius 2 is 1.72 bits per heavy atom. The van der Waals surface area contributed by atoms with Crippen LogP contribution in [0, 0.1) is 0 Å². The molecule has 0 saturated heterocycles. The van der Waals surface area contributed by atoms with Crippen LogP contribution in [-0.2, 0) is 19.6 Å². The third-order valence-electron chi connectivity index (χ3n) is 5.07. The molecule has 0 aliphatic carbocycles. The van der Waals surface area contributed by atoms with Gasteiger partial charge in [0, 0.05) is 24.3 Å². The number of aliphatic hydroxyl groups excluding tert-OH is 2. The van der Waals surface area contributed by atoms with Crippen LogP contribution in [0.5, 0.6) is 5.75 Å². The highest BCUT2D eigenvalue weighted by Gasteiger charge is 2.10. The topological polar surface area (TPSA) is 114 Å². The number of aromatic hydroxyl groups is 1. The van der Waals surface area contributed by atoms with E-state index in [0.29, 0.717) is 36.4 Å². The molecule has 0 aliphatic rings. The van der Waals surface area contributed by atoms with Gasteiger partial charge in [-0.3, -0.25) is 0 Å². The summed E-state index contributed by atoms with van der Waals surface area (Å²) < 4.78 is 0. The number of carbonyl (C=O) groups is 1. The Balaban J connectivity index is 1.42. The van der Waals surface area contributed by atoms with E-state index in [1.807, 2.05) is 54.6 Å². The van der Waals surface area contributed by atoms with Gasteiger partial charge in [-0.25, -0.2) is 4.79 Å². The Labute approximate surface area is 187 Å². The summed E-state index contributed by atoms with van der Waals surface area (Å²) in [6.07, 6.45) is -0.0204. The van der Waals surface area contributed by atoms with Gasteiger partial charge in [-0.2, -0.15) is 0 Å². The number of hydrogen-bond acceptors (Lipinski definition) is 5. The van der Waals surface area contributed by atoms with Crippen molar-refractivity contribution in [1.29, 1.82) is 0 Å². The van der Waals surface area contributed by atoms with E-state index in [1.165, 1.54) is 6.07 Å². The Bertz CT molecular complexity index is 1010. The van der Waals surface area contributed by atoms with Crippen molar-refractivity contribution < 1.29 is 20.1 Å². The summed E-state index contributed by atoms with van der Waals surface area (Å²) in [5.74, 6) is 0.0126. The van der Waals surface area contributed by atoms with Gasteiger partial charge in [0.2, 0.25) is 0 Å². The summed E-state index contributed by atoms with van der Waals surface area (Å²) in [4.78, 5) is 12.1. The molecule has 0 aliphatic heterocycles. The SMILES string of the molecule is O=C(NCc1ccccc1)Nc1cccc(CCNC[C@H](O)c2ccc(O)c(CO)c2)c1. The first-order valence-electron chi connectivity index (χ1n) is 10.5. The first kappa shape index (κ1) is 23.3. The predicted molar refractivity (Wildman–Crippen MR) is 124 cm³/mol. The highest BCUT2D eigenvalue weighted by molar-refractivity contribution is 5.89. The van der Waals surface area contributed by atoms with Crippen LogP contribution in [0.2, 0.25) is 0 Å². The first-order valence-corrected chi connectivity index (χ1v) is 10.5. The van der Waals surface area contributed by atoms with Gasteiger partial charge in [0.1, 0.15) is 5.75 Å². The Kier molecular flexibility index (Phi) is 8.62. The standard InChI is InChI=1S/C25H29N3O4/c29-17-21-14-20(9-10-23(21)30)24(31)16-26-12-11-18-7-4-8-22(13-18)28-25(32)27-15-19-5-2-1-3-6-19/h1-10,13-14,24,26,29-31H,11-12,15-17H2,(H2,27,28,32)/t24-/m0/s1. The summed E-state index contributed by atoms with van der Waals surface area (Å²) in [6, 6.07) is 21.8. The number of aliphatic hydroxyl groups is 2. The molecular weight excluding hydrogens is 406 g/mol. The lowest BCUT2D eigenvalue weighted by Gasteiger charge is -2.14. The minimum absolute atomic E-state index is 0.0126. The van der Waals surface area contributed by atoms with E-state index in [4.69, 9.17) is 0 Å². The monoisotopic (exact) mass is 435 g/mol. The lowest BCUT2D eigenvalue weighted by molar-refractivity contribution is 0.174. The summed E-state index contributed by atoms with van der Waals surface area (Å²) >= 11 is 0. The van der Waals surface area contributed by atoms with Crippen LogP contribution in [0.4, 0.5) is 10.5 Å². The van der Waals surface area contributed by atoms with Crippen LogP contribution in [-0.4, -0.2) is 34.4 Å². The van der Waals surface area contributed by atoms with Gasteiger partial charge in [0.25, 0.3) is 0 Å². The van der Waals surface area contributed by atoms with E-state index in [0.717, 1.165) is 17.5 Å². The number of anilines is 1. The fourth-order valence-corrected chi connectivity index (χ4v) is 3.29. The summed E-state index contributed by atoms with van der Waals surface area (Å²) in [7, 11) is 0. The molecule has 3 aromatic rings. The molecule has 2 amide bonds. The smallest absolute Gasteiger partial charge is 0.319 e. The van der Waals surface area contributed by atoms with Crippen molar-refractivity contribution in [2.45, 2.75) is 25.7 Å². The molecule has 6 N–H and O–H groups in total. The lowest BCUT2D eigenvalue weighted by atomic mass is 10.1. The van der Waals surface area contributed by atoms with E-state index in [2.05, 4.69) is 16.0 Å². The molecule has 32 heavy (non-hydrogen) atoms. The van der Waals surface area contributed by atoms with E-state index >= 15 is 0 Å². The van der Waals surface area contributed by atoms with Gasteiger partial charge >= 0.3 is 6.03 Å². The lowest BCUT2D eigenvalue weighted by Crippen LogP contribution is -2.28. The van der Waals surface area contributed by atoms with Crippen LogP contribution in [0.25, 0.3) is 0 Å². The molecule has 3 rings (SSSR count). The van der Waals surface area contributed by atoms with Crippen molar-refractivity contribution in [3.05, 3.63) is 95.1 Å². The van der Waals surface area contributed by atoms with Crippen molar-refractivity contribution in [1.82, 2.24) is 10.6 Å². The third-order valence-corrected chi connectivity index (χ3v) is 5.07. The van der Waals surface area contributed by atoms with Crippen molar-refractivity contribution >= 4 is 11.7 Å². The Morgan fingerprint density at radius 3 is 2.50 bits per heavy atom. The number of benzene rings is 3. The molecule has 168 valence electrons. The third kappa shape index (κ3) is 7.09.